The van der Waals surface area contributed by atoms with Gasteiger partial charge in [0, 0.05) is 37.8 Å². The number of allylic oxidation sites excluding steroid dienone is 1. The van der Waals surface area contributed by atoms with E-state index in [0.29, 0.717) is 18.4 Å². The van der Waals surface area contributed by atoms with Gasteiger partial charge in [-0.2, -0.15) is 0 Å². The highest BCUT2D eigenvalue weighted by molar-refractivity contribution is 5.90. The predicted octanol–water partition coefficient (Wildman–Crippen LogP) is 0.268. The number of fused-ring (bicyclic) bond motifs is 1. The summed E-state index contributed by atoms with van der Waals surface area (Å²) >= 11 is 0. The van der Waals surface area contributed by atoms with Gasteiger partial charge in [0.15, 0.2) is 0 Å². The Hall–Kier alpha value is -1.13. The molecule has 0 spiro atoms. The van der Waals surface area contributed by atoms with Crippen molar-refractivity contribution in [2.24, 2.45) is 17.6 Å². The van der Waals surface area contributed by atoms with E-state index in [1.165, 1.54) is 18.4 Å². The molecule has 1 saturated heterocycles. The Bertz CT molecular complexity index is 396. The first-order valence-electron chi connectivity index (χ1n) is 6.90. The molecule has 0 aromatic heterocycles. The molecule has 0 aromatic rings. The van der Waals surface area contributed by atoms with Gasteiger partial charge in [-0.15, -0.1) is 0 Å². The summed E-state index contributed by atoms with van der Waals surface area (Å²) in [6, 6.07) is 0.550. The molecule has 3 atom stereocenters. The molecule has 0 amide bonds. The molecule has 1 fully saturated rings. The Labute approximate surface area is 108 Å². The molecule has 3 unspecified atom stereocenters. The van der Waals surface area contributed by atoms with E-state index in [-0.39, 0.29) is 11.8 Å². The number of hydrogen-bond donors (Lipinski definition) is 2. The van der Waals surface area contributed by atoms with E-state index in [9.17, 15) is 4.79 Å². The Kier molecular flexibility index (Phi) is 3.22. The Morgan fingerprint density at radius 3 is 3.11 bits per heavy atom. The van der Waals surface area contributed by atoms with E-state index in [4.69, 9.17) is 5.73 Å². The molecular formula is C14H21N3O. The topological polar surface area (TPSA) is 58.4 Å². The van der Waals surface area contributed by atoms with Crippen LogP contribution in [0.5, 0.6) is 0 Å². The Morgan fingerprint density at radius 2 is 2.39 bits per heavy atom. The van der Waals surface area contributed by atoms with E-state index in [1.54, 1.807) is 0 Å². The van der Waals surface area contributed by atoms with Crippen LogP contribution in [0.1, 0.15) is 12.8 Å². The second kappa shape index (κ2) is 4.86. The van der Waals surface area contributed by atoms with Gasteiger partial charge >= 0.3 is 0 Å². The first-order chi connectivity index (χ1) is 8.79. The molecule has 18 heavy (non-hydrogen) atoms. The molecule has 3 N–H and O–H groups in total. The lowest BCUT2D eigenvalue weighted by Crippen LogP contribution is -2.44. The quantitative estimate of drug-likeness (QED) is 0.735. The van der Waals surface area contributed by atoms with Crippen molar-refractivity contribution < 1.29 is 4.79 Å². The van der Waals surface area contributed by atoms with Gasteiger partial charge in [0.25, 0.3) is 0 Å². The van der Waals surface area contributed by atoms with Crippen molar-refractivity contribution in [2.45, 2.75) is 18.9 Å². The number of carbonyl (C=O) groups is 1. The van der Waals surface area contributed by atoms with Crippen molar-refractivity contribution >= 4 is 5.78 Å². The van der Waals surface area contributed by atoms with E-state index in [1.807, 2.05) is 6.08 Å². The smallest absolute Gasteiger partial charge is 0.150 e. The number of nitrogens with one attached hydrogen (secondary N) is 1. The summed E-state index contributed by atoms with van der Waals surface area (Å²) in [5, 5.41) is 3.43. The van der Waals surface area contributed by atoms with Gasteiger partial charge in [-0.1, -0.05) is 12.2 Å². The van der Waals surface area contributed by atoms with Gasteiger partial charge in [0.1, 0.15) is 5.78 Å². The molecule has 98 valence electrons. The summed E-state index contributed by atoms with van der Waals surface area (Å²) in [6.07, 6.45) is 8.70. The number of ketones is 1. The monoisotopic (exact) mass is 247 g/mol. The van der Waals surface area contributed by atoms with Crippen LogP contribution in [0.3, 0.4) is 0 Å². The Balaban J connectivity index is 1.73. The zero-order chi connectivity index (χ0) is 12.5. The van der Waals surface area contributed by atoms with Gasteiger partial charge in [0.2, 0.25) is 0 Å². The molecule has 4 heteroatoms. The highest BCUT2D eigenvalue weighted by atomic mass is 16.1. The minimum absolute atomic E-state index is 0.0606. The maximum atomic E-state index is 12.3. The maximum Gasteiger partial charge on any atom is 0.150 e. The molecule has 4 nitrogen and oxygen atoms in total. The zero-order valence-corrected chi connectivity index (χ0v) is 10.6. The second-order valence-corrected chi connectivity index (χ2v) is 5.48. The number of piperidine rings is 1. The molecule has 3 rings (SSSR count). The summed E-state index contributed by atoms with van der Waals surface area (Å²) in [6.45, 7) is 3.44. The SMILES string of the molecule is NCC1C=CC2=CN(C3CCCNC3)CC2C1=O. The number of nitrogens with two attached hydrogens (primary N) is 1. The van der Waals surface area contributed by atoms with E-state index in [2.05, 4.69) is 22.5 Å². The third-order valence-corrected chi connectivity index (χ3v) is 4.33. The molecule has 0 aromatic carbocycles. The van der Waals surface area contributed by atoms with Crippen molar-refractivity contribution in [3.63, 3.8) is 0 Å². The molecule has 2 heterocycles. The van der Waals surface area contributed by atoms with Gasteiger partial charge in [-0.25, -0.2) is 0 Å². The normalized spacial score (nSPS) is 35.6. The summed E-state index contributed by atoms with van der Waals surface area (Å²) in [7, 11) is 0. The lowest BCUT2D eigenvalue weighted by Gasteiger charge is -2.32. The number of Topliss-reactive ketones (excluding diaryl/α,β-unsaturated/α-hetero) is 1. The van der Waals surface area contributed by atoms with Crippen molar-refractivity contribution in [1.29, 1.82) is 0 Å². The molecule has 2 aliphatic heterocycles. The van der Waals surface area contributed by atoms with Crippen LogP contribution in [0.25, 0.3) is 0 Å². The predicted molar refractivity (Wildman–Crippen MR) is 70.9 cm³/mol. The summed E-state index contributed by atoms with van der Waals surface area (Å²) in [5.74, 6) is 0.291. The van der Waals surface area contributed by atoms with Gasteiger partial charge in [-0.05, 0) is 25.0 Å². The zero-order valence-electron chi connectivity index (χ0n) is 10.6. The largest absolute Gasteiger partial charge is 0.372 e. The van der Waals surface area contributed by atoms with Crippen molar-refractivity contribution in [2.75, 3.05) is 26.2 Å². The van der Waals surface area contributed by atoms with Gasteiger partial charge < -0.3 is 16.0 Å². The summed E-state index contributed by atoms with van der Waals surface area (Å²) in [5.41, 5.74) is 6.81. The maximum absolute atomic E-state index is 12.3. The second-order valence-electron chi connectivity index (χ2n) is 5.48. The average Bonchev–Trinajstić information content (AvgIpc) is 2.85. The number of rotatable bonds is 2. The molecule has 0 bridgehead atoms. The van der Waals surface area contributed by atoms with Crippen LogP contribution in [-0.4, -0.2) is 42.9 Å². The van der Waals surface area contributed by atoms with Gasteiger partial charge in [-0.3, -0.25) is 4.79 Å². The van der Waals surface area contributed by atoms with E-state index in [0.717, 1.165) is 19.6 Å². The fourth-order valence-corrected chi connectivity index (χ4v) is 3.21. The lowest BCUT2D eigenvalue weighted by atomic mass is 9.83. The number of nitrogens with zero attached hydrogens (tertiary/aromatic N) is 1. The molecular weight excluding hydrogens is 226 g/mol. The van der Waals surface area contributed by atoms with Crippen LogP contribution < -0.4 is 11.1 Å². The third kappa shape index (κ3) is 1.99. The Morgan fingerprint density at radius 1 is 1.50 bits per heavy atom. The van der Waals surface area contributed by atoms with Crippen LogP contribution in [0.2, 0.25) is 0 Å². The molecule has 0 radical (unpaired) electrons. The van der Waals surface area contributed by atoms with Crippen LogP contribution in [0.15, 0.2) is 23.9 Å². The lowest BCUT2D eigenvalue weighted by molar-refractivity contribution is -0.124. The number of hydrogen-bond acceptors (Lipinski definition) is 4. The highest BCUT2D eigenvalue weighted by Crippen LogP contribution is 2.32. The fraction of sp³-hybridized carbons (Fsp3) is 0.643. The van der Waals surface area contributed by atoms with Crippen molar-refractivity contribution in [3.8, 4) is 0 Å². The van der Waals surface area contributed by atoms with E-state index >= 15 is 0 Å². The third-order valence-electron chi connectivity index (χ3n) is 4.33. The molecule has 3 aliphatic rings. The minimum atomic E-state index is -0.0726. The standard InChI is InChI=1S/C14H21N3O/c15-6-10-3-4-11-8-17(9-13(11)14(10)18)12-2-1-5-16-7-12/h3-4,8,10,12-13,16H,1-2,5-7,9,15H2. The summed E-state index contributed by atoms with van der Waals surface area (Å²) < 4.78 is 0. The fourth-order valence-electron chi connectivity index (χ4n) is 3.21. The first-order valence-corrected chi connectivity index (χ1v) is 6.90. The molecule has 0 saturated carbocycles. The summed E-state index contributed by atoms with van der Waals surface area (Å²) in [4.78, 5) is 14.6. The van der Waals surface area contributed by atoms with Crippen LogP contribution in [0.4, 0.5) is 0 Å². The van der Waals surface area contributed by atoms with Crippen LogP contribution in [-0.2, 0) is 4.79 Å². The number of carbonyl (C=O) groups excluding carboxylic acids is 1. The minimum Gasteiger partial charge on any atom is -0.372 e. The van der Waals surface area contributed by atoms with Gasteiger partial charge in [0.05, 0.1) is 5.92 Å². The van der Waals surface area contributed by atoms with Crippen molar-refractivity contribution in [1.82, 2.24) is 10.2 Å². The van der Waals surface area contributed by atoms with Crippen LogP contribution in [0, 0.1) is 11.8 Å². The highest BCUT2D eigenvalue weighted by Gasteiger charge is 2.37. The molecule has 1 aliphatic carbocycles. The average molecular weight is 247 g/mol. The van der Waals surface area contributed by atoms with Crippen molar-refractivity contribution in [3.05, 3.63) is 23.9 Å². The van der Waals surface area contributed by atoms with E-state index < -0.39 is 0 Å². The first kappa shape index (κ1) is 11.9. The van der Waals surface area contributed by atoms with Crippen LogP contribution >= 0.6 is 0 Å².